The molecule has 0 bridgehead atoms. The summed E-state index contributed by atoms with van der Waals surface area (Å²) in [5, 5.41) is 11.3. The highest BCUT2D eigenvalue weighted by molar-refractivity contribution is 7.90. The first kappa shape index (κ1) is 22.7. The van der Waals surface area contributed by atoms with E-state index in [1.807, 2.05) is 6.92 Å². The third-order valence-electron chi connectivity index (χ3n) is 5.37. The summed E-state index contributed by atoms with van der Waals surface area (Å²) >= 11 is 0. The number of hydrogen-bond donors (Lipinski definition) is 1. The number of aliphatic hydroxyl groups is 1. The fourth-order valence-corrected chi connectivity index (χ4v) is 4.00. The molecule has 0 aliphatic heterocycles. The highest BCUT2D eigenvalue weighted by Crippen LogP contribution is 2.33. The molecule has 1 aromatic carbocycles. The molecule has 162 valence electrons. The zero-order valence-corrected chi connectivity index (χ0v) is 18.3. The van der Waals surface area contributed by atoms with E-state index in [1.165, 1.54) is 31.5 Å². The molecule has 0 aliphatic rings. The van der Waals surface area contributed by atoms with Crippen LogP contribution in [0.4, 0.5) is 4.39 Å². The minimum Gasteiger partial charge on any atom is -0.380 e. The number of carbonyl (C=O) groups is 1. The van der Waals surface area contributed by atoms with Gasteiger partial charge in [0, 0.05) is 35.5 Å². The lowest BCUT2D eigenvalue weighted by Crippen LogP contribution is -2.26. The van der Waals surface area contributed by atoms with Gasteiger partial charge >= 0.3 is 0 Å². The van der Waals surface area contributed by atoms with Gasteiger partial charge in [-0.2, -0.15) is 0 Å². The second-order valence-electron chi connectivity index (χ2n) is 7.44. The molecule has 31 heavy (non-hydrogen) atoms. The fraction of sp³-hybridized carbons (Fsp3) is 0.261. The molecule has 0 amide bonds. The van der Waals surface area contributed by atoms with E-state index in [4.69, 9.17) is 0 Å². The molecule has 1 unspecified atom stereocenters. The molecule has 3 aromatic rings. The van der Waals surface area contributed by atoms with E-state index in [1.54, 1.807) is 24.3 Å². The number of nitrogens with zero attached hydrogens (tertiary/aromatic N) is 2. The van der Waals surface area contributed by atoms with Crippen LogP contribution in [0.1, 0.15) is 46.1 Å². The van der Waals surface area contributed by atoms with Crippen molar-refractivity contribution in [2.45, 2.75) is 37.2 Å². The largest absolute Gasteiger partial charge is 0.380 e. The number of carbonyl (C=O) groups excluding carboxylic acids is 1. The zero-order chi connectivity index (χ0) is 22.8. The second kappa shape index (κ2) is 8.64. The summed E-state index contributed by atoms with van der Waals surface area (Å²) in [5.41, 5.74) is 0.616. The molecule has 0 aliphatic carbocycles. The minimum atomic E-state index is -3.34. The van der Waals surface area contributed by atoms with Gasteiger partial charge in [0.05, 0.1) is 17.5 Å². The topological polar surface area (TPSA) is 97.2 Å². The quantitative estimate of drug-likeness (QED) is 0.564. The number of ketones is 1. The molecule has 6 nitrogen and oxygen atoms in total. The number of pyridine rings is 2. The van der Waals surface area contributed by atoms with Crippen molar-refractivity contribution < 1.29 is 22.7 Å². The van der Waals surface area contributed by atoms with E-state index < -0.39 is 21.3 Å². The molecule has 0 saturated carbocycles. The molecular formula is C23H23FN2O4S. The molecule has 0 saturated heterocycles. The van der Waals surface area contributed by atoms with Crippen molar-refractivity contribution in [2.75, 3.05) is 6.26 Å². The van der Waals surface area contributed by atoms with Crippen LogP contribution in [-0.2, 0) is 21.9 Å². The van der Waals surface area contributed by atoms with Gasteiger partial charge in [-0.1, -0.05) is 25.1 Å². The van der Waals surface area contributed by atoms with Crippen molar-refractivity contribution in [2.24, 2.45) is 0 Å². The summed E-state index contributed by atoms with van der Waals surface area (Å²) < 4.78 is 37.0. The maximum absolute atomic E-state index is 13.7. The maximum Gasteiger partial charge on any atom is 0.175 e. The average Bonchev–Trinajstić information content (AvgIpc) is 2.75. The third kappa shape index (κ3) is 4.70. The Morgan fingerprint density at radius 3 is 2.26 bits per heavy atom. The van der Waals surface area contributed by atoms with Crippen LogP contribution in [0.25, 0.3) is 0 Å². The summed E-state index contributed by atoms with van der Waals surface area (Å²) in [7, 11) is -3.34. The van der Waals surface area contributed by atoms with Gasteiger partial charge in [0.1, 0.15) is 11.4 Å². The fourth-order valence-electron chi connectivity index (χ4n) is 3.37. The van der Waals surface area contributed by atoms with Gasteiger partial charge in [0.15, 0.2) is 15.6 Å². The lowest BCUT2D eigenvalue weighted by atomic mass is 9.85. The molecule has 2 aromatic heterocycles. The number of sulfone groups is 1. The van der Waals surface area contributed by atoms with Crippen LogP contribution in [-0.4, -0.2) is 35.5 Å². The van der Waals surface area contributed by atoms with E-state index in [9.17, 15) is 22.7 Å². The molecule has 0 radical (unpaired) electrons. The van der Waals surface area contributed by atoms with Crippen LogP contribution in [0.15, 0.2) is 59.9 Å². The minimum absolute atomic E-state index is 0.0279. The van der Waals surface area contributed by atoms with Crippen LogP contribution < -0.4 is 0 Å². The Morgan fingerprint density at radius 2 is 1.71 bits per heavy atom. The number of Topliss-reactive ketones (excluding diaryl/α,β-unsaturated/α-hetero) is 1. The Labute approximate surface area is 180 Å². The summed E-state index contributed by atoms with van der Waals surface area (Å²) in [6.07, 6.45) is 5.32. The van der Waals surface area contributed by atoms with Crippen molar-refractivity contribution in [3.8, 4) is 0 Å². The normalized spacial score (nSPS) is 13.6. The number of halogens is 1. The molecule has 1 N–H and O–H groups in total. The number of aromatic nitrogens is 2. The molecule has 0 spiro atoms. The first-order chi connectivity index (χ1) is 14.6. The van der Waals surface area contributed by atoms with E-state index in [0.29, 0.717) is 23.2 Å². The van der Waals surface area contributed by atoms with Gasteiger partial charge in [0.2, 0.25) is 0 Å². The van der Waals surface area contributed by atoms with Crippen molar-refractivity contribution in [3.05, 3.63) is 88.8 Å². The predicted molar refractivity (Wildman–Crippen MR) is 114 cm³/mol. The van der Waals surface area contributed by atoms with Gasteiger partial charge in [-0.25, -0.2) is 12.8 Å². The summed E-state index contributed by atoms with van der Waals surface area (Å²) in [4.78, 5) is 20.7. The van der Waals surface area contributed by atoms with Gasteiger partial charge in [-0.05, 0) is 42.7 Å². The van der Waals surface area contributed by atoms with Gasteiger partial charge in [-0.15, -0.1) is 0 Å². The highest BCUT2D eigenvalue weighted by atomic mass is 32.2. The Morgan fingerprint density at radius 1 is 1.06 bits per heavy atom. The monoisotopic (exact) mass is 442 g/mol. The number of hydrogen-bond acceptors (Lipinski definition) is 6. The smallest absolute Gasteiger partial charge is 0.175 e. The Balaban J connectivity index is 1.85. The second-order valence-corrected chi connectivity index (χ2v) is 9.46. The van der Waals surface area contributed by atoms with Crippen molar-refractivity contribution in [1.29, 1.82) is 0 Å². The van der Waals surface area contributed by atoms with Crippen LogP contribution >= 0.6 is 0 Å². The Bertz CT molecular complexity index is 1210. The molecule has 3 rings (SSSR count). The first-order valence-electron chi connectivity index (χ1n) is 9.68. The Hall–Kier alpha value is -2.97. The maximum atomic E-state index is 13.7. The molecule has 1 atom stereocenters. The Kier molecular flexibility index (Phi) is 6.33. The molecule has 2 heterocycles. The van der Waals surface area contributed by atoms with E-state index in [2.05, 4.69) is 9.97 Å². The SMILES string of the molecule is CCC(O)(c1ccc(S(C)(=O)=O)cc1)c1ccc(CC(=O)c2cncc(F)c2C)nc1. The van der Waals surface area contributed by atoms with Crippen LogP contribution in [0, 0.1) is 12.7 Å². The first-order valence-corrected chi connectivity index (χ1v) is 11.6. The van der Waals surface area contributed by atoms with Gasteiger partial charge in [-0.3, -0.25) is 14.8 Å². The summed E-state index contributed by atoms with van der Waals surface area (Å²) in [6, 6.07) is 9.40. The standard InChI is InChI=1S/C23H23FN2O4S/c1-4-23(28,16-6-9-19(10-7-16)31(3,29)30)17-5-8-18(26-12-17)11-22(27)20-13-25-14-21(24)15(20)2/h5-10,12-14,28H,4,11H2,1-3H3. The van der Waals surface area contributed by atoms with Gasteiger partial charge in [0.25, 0.3) is 0 Å². The molecule has 8 heteroatoms. The van der Waals surface area contributed by atoms with E-state index >= 15 is 0 Å². The van der Waals surface area contributed by atoms with Crippen molar-refractivity contribution >= 4 is 15.6 Å². The predicted octanol–water partition coefficient (Wildman–Crippen LogP) is 3.40. The van der Waals surface area contributed by atoms with Crippen LogP contribution in [0.5, 0.6) is 0 Å². The van der Waals surface area contributed by atoms with Crippen molar-refractivity contribution in [1.82, 2.24) is 9.97 Å². The van der Waals surface area contributed by atoms with Crippen molar-refractivity contribution in [3.63, 3.8) is 0 Å². The van der Waals surface area contributed by atoms with Gasteiger partial charge < -0.3 is 5.11 Å². The summed E-state index contributed by atoms with van der Waals surface area (Å²) in [5.74, 6) is -0.837. The zero-order valence-electron chi connectivity index (χ0n) is 17.5. The third-order valence-corrected chi connectivity index (χ3v) is 6.50. The summed E-state index contributed by atoms with van der Waals surface area (Å²) in [6.45, 7) is 3.33. The number of benzene rings is 1. The lowest BCUT2D eigenvalue weighted by molar-refractivity contribution is 0.0761. The highest BCUT2D eigenvalue weighted by Gasteiger charge is 2.30. The average molecular weight is 443 g/mol. The van der Waals surface area contributed by atoms with Crippen LogP contribution in [0.3, 0.4) is 0 Å². The molecular weight excluding hydrogens is 419 g/mol. The van der Waals surface area contributed by atoms with Crippen LogP contribution in [0.2, 0.25) is 0 Å². The van der Waals surface area contributed by atoms with E-state index in [-0.39, 0.29) is 28.2 Å². The lowest BCUT2D eigenvalue weighted by Gasteiger charge is -2.28. The van der Waals surface area contributed by atoms with E-state index in [0.717, 1.165) is 12.5 Å². The molecule has 0 fully saturated rings. The number of rotatable bonds is 7.